The molecule has 1 aromatic carbocycles. The van der Waals surface area contributed by atoms with E-state index >= 15 is 0 Å². The van der Waals surface area contributed by atoms with E-state index in [2.05, 4.69) is 19.2 Å². The molecule has 1 aromatic rings. The maximum atomic E-state index is 13.2. The first-order valence-electron chi connectivity index (χ1n) is 9.51. The van der Waals surface area contributed by atoms with Crippen molar-refractivity contribution in [3.8, 4) is 0 Å². The van der Waals surface area contributed by atoms with Crippen LogP contribution < -0.4 is 5.32 Å². The van der Waals surface area contributed by atoms with Crippen LogP contribution in [0.5, 0.6) is 0 Å². The van der Waals surface area contributed by atoms with Gasteiger partial charge in [0.05, 0.1) is 23.6 Å². The second-order valence-electron chi connectivity index (χ2n) is 8.17. The minimum atomic E-state index is -0.349. The highest BCUT2D eigenvalue weighted by molar-refractivity contribution is 6.00. The Morgan fingerprint density at radius 1 is 1.23 bits per heavy atom. The molecule has 138 valence electrons. The van der Waals surface area contributed by atoms with E-state index in [4.69, 9.17) is 0 Å². The quantitative estimate of drug-likeness (QED) is 0.904. The SMILES string of the molecule is CN1C(=O)C2=C(NCCN(C(=O)Cc3ccccc3)C2C2CC2)C1(C)C. The zero-order valence-corrected chi connectivity index (χ0v) is 15.8. The standard InChI is InChI=1S/C21H27N3O2/c1-21(2)19-17(20(26)23(21)3)18(15-9-10-15)24(12-11-22-19)16(25)13-14-7-5-4-6-8-14/h4-8,15,18,22H,9-13H2,1-3H3. The van der Waals surface area contributed by atoms with Crippen LogP contribution in [0, 0.1) is 5.92 Å². The van der Waals surface area contributed by atoms with Crippen molar-refractivity contribution in [3.63, 3.8) is 0 Å². The molecule has 1 saturated carbocycles. The van der Waals surface area contributed by atoms with Gasteiger partial charge in [-0.2, -0.15) is 0 Å². The predicted molar refractivity (Wildman–Crippen MR) is 100 cm³/mol. The van der Waals surface area contributed by atoms with Gasteiger partial charge in [0.15, 0.2) is 0 Å². The molecule has 5 nitrogen and oxygen atoms in total. The summed E-state index contributed by atoms with van der Waals surface area (Å²) in [5, 5.41) is 3.48. The third-order valence-electron chi connectivity index (χ3n) is 6.13. The molecule has 1 aliphatic carbocycles. The zero-order chi connectivity index (χ0) is 18.5. The number of nitrogens with zero attached hydrogens (tertiary/aromatic N) is 2. The molecule has 3 aliphatic rings. The van der Waals surface area contributed by atoms with E-state index in [0.717, 1.165) is 29.7 Å². The minimum Gasteiger partial charge on any atom is -0.384 e. The van der Waals surface area contributed by atoms with Crippen LogP contribution >= 0.6 is 0 Å². The summed E-state index contributed by atoms with van der Waals surface area (Å²) in [4.78, 5) is 30.0. The normalized spacial score (nSPS) is 25.0. The number of amides is 2. The Morgan fingerprint density at radius 2 is 1.92 bits per heavy atom. The fourth-order valence-corrected chi connectivity index (χ4v) is 4.27. The number of hydrogen-bond acceptors (Lipinski definition) is 3. The van der Waals surface area contributed by atoms with Crippen molar-refractivity contribution in [1.82, 2.24) is 15.1 Å². The van der Waals surface area contributed by atoms with Crippen LogP contribution in [0.3, 0.4) is 0 Å². The van der Waals surface area contributed by atoms with Crippen LogP contribution in [0.4, 0.5) is 0 Å². The summed E-state index contributed by atoms with van der Waals surface area (Å²) in [7, 11) is 1.86. The third-order valence-corrected chi connectivity index (χ3v) is 6.13. The Labute approximate surface area is 155 Å². The average Bonchev–Trinajstić information content (AvgIpc) is 3.43. The molecule has 0 bridgehead atoms. The van der Waals surface area contributed by atoms with Crippen molar-refractivity contribution in [2.75, 3.05) is 20.1 Å². The number of carbonyl (C=O) groups is 2. The molecule has 5 heteroatoms. The second kappa shape index (κ2) is 6.15. The molecule has 0 radical (unpaired) electrons. The number of rotatable bonds is 3. The lowest BCUT2D eigenvalue weighted by molar-refractivity contribution is -0.133. The van der Waals surface area contributed by atoms with Crippen molar-refractivity contribution in [3.05, 3.63) is 47.2 Å². The molecule has 1 fully saturated rings. The molecule has 26 heavy (non-hydrogen) atoms. The molecular formula is C21H27N3O2. The monoisotopic (exact) mass is 353 g/mol. The molecule has 2 aliphatic heterocycles. The lowest BCUT2D eigenvalue weighted by Gasteiger charge is -2.33. The molecule has 1 atom stereocenters. The fourth-order valence-electron chi connectivity index (χ4n) is 4.27. The number of carbonyl (C=O) groups excluding carboxylic acids is 2. The van der Waals surface area contributed by atoms with E-state index < -0.39 is 0 Å². The summed E-state index contributed by atoms with van der Waals surface area (Å²) in [6.45, 7) is 5.48. The second-order valence-corrected chi connectivity index (χ2v) is 8.17. The van der Waals surface area contributed by atoms with E-state index in [1.807, 2.05) is 47.2 Å². The molecule has 1 unspecified atom stereocenters. The summed E-state index contributed by atoms with van der Waals surface area (Å²) in [5.74, 6) is 0.587. The highest BCUT2D eigenvalue weighted by Crippen LogP contribution is 2.45. The van der Waals surface area contributed by atoms with E-state index in [1.54, 1.807) is 0 Å². The van der Waals surface area contributed by atoms with Crippen molar-refractivity contribution in [1.29, 1.82) is 0 Å². The summed E-state index contributed by atoms with van der Waals surface area (Å²) in [6.07, 6.45) is 2.57. The fraction of sp³-hybridized carbons (Fsp3) is 0.524. The zero-order valence-electron chi connectivity index (χ0n) is 15.8. The molecule has 2 heterocycles. The van der Waals surface area contributed by atoms with Crippen LogP contribution in [0.25, 0.3) is 0 Å². The molecule has 0 aromatic heterocycles. The van der Waals surface area contributed by atoms with Crippen molar-refractivity contribution in [2.24, 2.45) is 5.92 Å². The predicted octanol–water partition coefficient (Wildman–Crippen LogP) is 1.94. The molecule has 1 N–H and O–H groups in total. The maximum Gasteiger partial charge on any atom is 0.254 e. The van der Waals surface area contributed by atoms with Gasteiger partial charge in [-0.15, -0.1) is 0 Å². The number of benzene rings is 1. The van der Waals surface area contributed by atoms with Crippen LogP contribution in [0.1, 0.15) is 32.3 Å². The van der Waals surface area contributed by atoms with E-state index in [1.165, 1.54) is 0 Å². The first-order valence-corrected chi connectivity index (χ1v) is 9.51. The van der Waals surface area contributed by atoms with Gasteiger partial charge in [0.1, 0.15) is 0 Å². The highest BCUT2D eigenvalue weighted by Gasteiger charge is 2.52. The van der Waals surface area contributed by atoms with Crippen LogP contribution in [-0.2, 0) is 16.0 Å². The van der Waals surface area contributed by atoms with E-state index in [9.17, 15) is 9.59 Å². The summed E-state index contributed by atoms with van der Waals surface area (Å²) in [5.41, 5.74) is 2.50. The van der Waals surface area contributed by atoms with Gasteiger partial charge in [-0.05, 0) is 38.2 Å². The molecular weight excluding hydrogens is 326 g/mol. The Bertz CT molecular complexity index is 765. The van der Waals surface area contributed by atoms with Gasteiger partial charge in [-0.3, -0.25) is 9.59 Å². The lowest BCUT2D eigenvalue weighted by atomic mass is 9.94. The summed E-state index contributed by atoms with van der Waals surface area (Å²) in [6, 6.07) is 9.77. The Balaban J connectivity index is 1.68. The average molecular weight is 353 g/mol. The van der Waals surface area contributed by atoms with Crippen LogP contribution in [0.2, 0.25) is 0 Å². The van der Waals surface area contributed by atoms with E-state index in [0.29, 0.717) is 25.4 Å². The Morgan fingerprint density at radius 3 is 2.58 bits per heavy atom. The first-order chi connectivity index (χ1) is 12.4. The minimum absolute atomic E-state index is 0.0637. The van der Waals surface area contributed by atoms with Crippen molar-refractivity contribution < 1.29 is 9.59 Å². The Hall–Kier alpha value is -2.30. The van der Waals surface area contributed by atoms with Gasteiger partial charge in [0.2, 0.25) is 5.91 Å². The van der Waals surface area contributed by atoms with Gasteiger partial charge in [0.25, 0.3) is 5.91 Å². The lowest BCUT2D eigenvalue weighted by Crippen LogP contribution is -2.48. The summed E-state index contributed by atoms with van der Waals surface area (Å²) < 4.78 is 0. The topological polar surface area (TPSA) is 52.7 Å². The van der Waals surface area contributed by atoms with Gasteiger partial charge in [0, 0.05) is 25.8 Å². The molecule has 0 saturated heterocycles. The Kier molecular flexibility index (Phi) is 4.05. The maximum absolute atomic E-state index is 13.2. The third kappa shape index (κ3) is 2.70. The summed E-state index contributed by atoms with van der Waals surface area (Å²) >= 11 is 0. The highest BCUT2D eigenvalue weighted by atomic mass is 16.2. The van der Waals surface area contributed by atoms with Crippen molar-refractivity contribution >= 4 is 11.8 Å². The smallest absolute Gasteiger partial charge is 0.254 e. The van der Waals surface area contributed by atoms with E-state index in [-0.39, 0.29) is 23.4 Å². The number of nitrogens with one attached hydrogen (secondary N) is 1. The van der Waals surface area contributed by atoms with Crippen LogP contribution in [0.15, 0.2) is 41.6 Å². The molecule has 0 spiro atoms. The molecule has 4 rings (SSSR count). The van der Waals surface area contributed by atoms with Crippen LogP contribution in [-0.4, -0.2) is 53.3 Å². The number of likely N-dealkylation sites (N-methyl/N-ethyl adjacent to an activating group) is 1. The first kappa shape index (κ1) is 17.1. The van der Waals surface area contributed by atoms with Gasteiger partial charge in [-0.1, -0.05) is 30.3 Å². The van der Waals surface area contributed by atoms with Crippen molar-refractivity contribution in [2.45, 2.75) is 44.7 Å². The number of hydrogen-bond donors (Lipinski definition) is 1. The van der Waals surface area contributed by atoms with Gasteiger partial charge < -0.3 is 15.1 Å². The van der Waals surface area contributed by atoms with Gasteiger partial charge in [-0.25, -0.2) is 0 Å². The van der Waals surface area contributed by atoms with Gasteiger partial charge >= 0.3 is 0 Å². The largest absolute Gasteiger partial charge is 0.384 e. The molecule has 2 amide bonds.